The average molecular weight is 220 g/mol. The molecule has 0 saturated heterocycles. The lowest BCUT2D eigenvalue weighted by molar-refractivity contribution is 0.226. The Morgan fingerprint density at radius 1 is 1.44 bits per heavy atom. The minimum absolute atomic E-state index is 0.0415. The van der Waals surface area contributed by atoms with Crippen LogP contribution in [0, 0.1) is 0 Å². The van der Waals surface area contributed by atoms with Crippen LogP contribution in [0.5, 0.6) is 5.75 Å². The second-order valence-electron chi connectivity index (χ2n) is 3.70. The van der Waals surface area contributed by atoms with Crippen molar-refractivity contribution in [2.75, 3.05) is 13.2 Å². The minimum atomic E-state index is -0.0415. The third-order valence-electron chi connectivity index (χ3n) is 2.40. The number of nitrogens with zero attached hydrogens (tertiary/aromatic N) is 1. The molecule has 0 saturated carbocycles. The van der Waals surface area contributed by atoms with Crippen LogP contribution in [-0.4, -0.2) is 19.2 Å². The summed E-state index contributed by atoms with van der Waals surface area (Å²) in [5.41, 5.74) is 6.54. The summed E-state index contributed by atoms with van der Waals surface area (Å²) in [6.45, 7) is 3.43. The molecule has 1 aliphatic rings. The molecule has 1 aromatic carbocycles. The monoisotopic (exact) mass is 220 g/mol. The molecule has 1 aromatic rings. The molecule has 4 heteroatoms. The zero-order valence-corrected chi connectivity index (χ0v) is 9.35. The standard InChI is InChI=1S/C12H16N2O2/c1-2-7-15-10-5-3-9(4-6-10)11-8-14-12(13)16-11/h3-6,11H,2,7-8H2,1H3,(H2,13,14). The molecule has 0 aliphatic carbocycles. The molecule has 0 fully saturated rings. The topological polar surface area (TPSA) is 56.8 Å². The Bertz CT molecular complexity index is 373. The zero-order valence-electron chi connectivity index (χ0n) is 9.35. The van der Waals surface area contributed by atoms with Gasteiger partial charge in [0.1, 0.15) is 11.9 Å². The minimum Gasteiger partial charge on any atom is -0.494 e. The molecule has 1 aliphatic heterocycles. The number of ether oxygens (including phenoxy) is 2. The van der Waals surface area contributed by atoms with Gasteiger partial charge in [-0.05, 0) is 24.1 Å². The van der Waals surface area contributed by atoms with E-state index in [0.29, 0.717) is 6.54 Å². The molecule has 1 atom stereocenters. The van der Waals surface area contributed by atoms with Crippen molar-refractivity contribution in [3.63, 3.8) is 0 Å². The predicted octanol–water partition coefficient (Wildman–Crippen LogP) is 1.86. The van der Waals surface area contributed by atoms with E-state index in [1.54, 1.807) is 0 Å². The first-order valence-corrected chi connectivity index (χ1v) is 5.49. The number of hydrogen-bond donors (Lipinski definition) is 1. The molecule has 0 amide bonds. The van der Waals surface area contributed by atoms with Gasteiger partial charge in [0.05, 0.1) is 13.2 Å². The fourth-order valence-corrected chi connectivity index (χ4v) is 1.57. The fraction of sp³-hybridized carbons (Fsp3) is 0.417. The van der Waals surface area contributed by atoms with Crippen molar-refractivity contribution in [1.29, 1.82) is 0 Å². The molecular formula is C12H16N2O2. The maximum absolute atomic E-state index is 5.50. The second kappa shape index (κ2) is 4.88. The van der Waals surface area contributed by atoms with Crippen LogP contribution in [0.1, 0.15) is 25.0 Å². The molecule has 0 spiro atoms. The molecule has 4 nitrogen and oxygen atoms in total. The van der Waals surface area contributed by atoms with E-state index < -0.39 is 0 Å². The van der Waals surface area contributed by atoms with Crippen LogP contribution in [0.25, 0.3) is 0 Å². The lowest BCUT2D eigenvalue weighted by atomic mass is 10.1. The first-order chi connectivity index (χ1) is 7.79. The van der Waals surface area contributed by atoms with Gasteiger partial charge in [0.25, 0.3) is 6.02 Å². The number of nitrogens with two attached hydrogens (primary N) is 1. The zero-order chi connectivity index (χ0) is 11.4. The summed E-state index contributed by atoms with van der Waals surface area (Å²) in [6, 6.07) is 8.15. The van der Waals surface area contributed by atoms with Crippen molar-refractivity contribution >= 4 is 6.02 Å². The van der Waals surface area contributed by atoms with Crippen molar-refractivity contribution in [2.45, 2.75) is 19.4 Å². The first kappa shape index (κ1) is 10.8. The largest absolute Gasteiger partial charge is 0.494 e. The number of amidine groups is 1. The summed E-state index contributed by atoms with van der Waals surface area (Å²) < 4.78 is 10.9. The van der Waals surface area contributed by atoms with Gasteiger partial charge in [-0.1, -0.05) is 19.1 Å². The van der Waals surface area contributed by atoms with E-state index in [4.69, 9.17) is 15.2 Å². The summed E-state index contributed by atoms with van der Waals surface area (Å²) >= 11 is 0. The van der Waals surface area contributed by atoms with Crippen LogP contribution in [0.2, 0.25) is 0 Å². The Kier molecular flexibility index (Phi) is 3.29. The Hall–Kier alpha value is -1.71. The van der Waals surface area contributed by atoms with Gasteiger partial charge >= 0.3 is 0 Å². The number of hydrogen-bond acceptors (Lipinski definition) is 4. The van der Waals surface area contributed by atoms with Crippen molar-refractivity contribution in [2.24, 2.45) is 10.7 Å². The highest BCUT2D eigenvalue weighted by Gasteiger charge is 2.19. The van der Waals surface area contributed by atoms with Crippen LogP contribution in [-0.2, 0) is 4.74 Å². The van der Waals surface area contributed by atoms with E-state index in [-0.39, 0.29) is 12.1 Å². The molecule has 2 rings (SSSR count). The third kappa shape index (κ3) is 2.45. The smallest absolute Gasteiger partial charge is 0.282 e. The maximum Gasteiger partial charge on any atom is 0.282 e. The molecular weight excluding hydrogens is 204 g/mol. The molecule has 0 aromatic heterocycles. The fourth-order valence-electron chi connectivity index (χ4n) is 1.57. The molecule has 16 heavy (non-hydrogen) atoms. The van der Waals surface area contributed by atoms with Gasteiger partial charge in [0.15, 0.2) is 0 Å². The number of rotatable bonds is 4. The number of aliphatic imine (C=N–C) groups is 1. The Morgan fingerprint density at radius 2 is 2.19 bits per heavy atom. The van der Waals surface area contributed by atoms with Crippen molar-refractivity contribution in [1.82, 2.24) is 0 Å². The normalized spacial score (nSPS) is 19.1. The highest BCUT2D eigenvalue weighted by atomic mass is 16.5. The van der Waals surface area contributed by atoms with E-state index in [9.17, 15) is 0 Å². The van der Waals surface area contributed by atoms with Crippen molar-refractivity contribution in [3.8, 4) is 5.75 Å². The van der Waals surface area contributed by atoms with Crippen molar-refractivity contribution < 1.29 is 9.47 Å². The van der Waals surface area contributed by atoms with Gasteiger partial charge in [-0.25, -0.2) is 4.99 Å². The summed E-state index contributed by atoms with van der Waals surface area (Å²) in [4.78, 5) is 4.01. The maximum atomic E-state index is 5.50. The second-order valence-corrected chi connectivity index (χ2v) is 3.70. The van der Waals surface area contributed by atoms with Crippen LogP contribution >= 0.6 is 0 Å². The van der Waals surface area contributed by atoms with Gasteiger partial charge in [-0.2, -0.15) is 0 Å². The Balaban J connectivity index is 1.97. The van der Waals surface area contributed by atoms with E-state index in [0.717, 1.165) is 24.3 Å². The highest BCUT2D eigenvalue weighted by Crippen LogP contribution is 2.23. The molecule has 1 heterocycles. The summed E-state index contributed by atoms with van der Waals surface area (Å²) in [6.07, 6.45) is 0.970. The average Bonchev–Trinajstić information content (AvgIpc) is 2.74. The lowest BCUT2D eigenvalue weighted by Crippen LogP contribution is -2.13. The number of benzene rings is 1. The molecule has 2 N–H and O–H groups in total. The summed E-state index contributed by atoms with van der Waals surface area (Å²) in [7, 11) is 0. The lowest BCUT2D eigenvalue weighted by Gasteiger charge is -2.11. The van der Waals surface area contributed by atoms with E-state index in [1.807, 2.05) is 24.3 Å². The van der Waals surface area contributed by atoms with Gasteiger partial charge in [0, 0.05) is 0 Å². The van der Waals surface area contributed by atoms with E-state index in [1.165, 1.54) is 0 Å². The van der Waals surface area contributed by atoms with Gasteiger partial charge in [-0.3, -0.25) is 0 Å². The molecule has 0 radical (unpaired) electrons. The molecule has 1 unspecified atom stereocenters. The quantitative estimate of drug-likeness (QED) is 0.842. The van der Waals surface area contributed by atoms with Gasteiger partial charge in [-0.15, -0.1) is 0 Å². The van der Waals surface area contributed by atoms with Crippen LogP contribution in [0.15, 0.2) is 29.3 Å². The van der Waals surface area contributed by atoms with Crippen molar-refractivity contribution in [3.05, 3.63) is 29.8 Å². The summed E-state index contributed by atoms with van der Waals surface area (Å²) in [5.74, 6) is 0.887. The van der Waals surface area contributed by atoms with E-state index >= 15 is 0 Å². The van der Waals surface area contributed by atoms with E-state index in [2.05, 4.69) is 11.9 Å². The third-order valence-corrected chi connectivity index (χ3v) is 2.40. The van der Waals surface area contributed by atoms with Crippen LogP contribution in [0.3, 0.4) is 0 Å². The first-order valence-electron chi connectivity index (χ1n) is 5.49. The Labute approximate surface area is 95.1 Å². The predicted molar refractivity (Wildman–Crippen MR) is 62.5 cm³/mol. The van der Waals surface area contributed by atoms with Crippen LogP contribution < -0.4 is 10.5 Å². The molecule has 86 valence electrons. The van der Waals surface area contributed by atoms with Gasteiger partial charge < -0.3 is 15.2 Å². The summed E-state index contributed by atoms with van der Waals surface area (Å²) in [5, 5.41) is 0. The molecule has 0 bridgehead atoms. The van der Waals surface area contributed by atoms with Crippen LogP contribution in [0.4, 0.5) is 0 Å². The highest BCUT2D eigenvalue weighted by molar-refractivity contribution is 5.73. The Morgan fingerprint density at radius 3 is 2.75 bits per heavy atom. The SMILES string of the molecule is CCCOc1ccc(C2CN=C(N)O2)cc1. The van der Waals surface area contributed by atoms with Gasteiger partial charge in [0.2, 0.25) is 0 Å².